The SMILES string of the molecule is Cc1ccc(C)c(CN2C(=O)[C@@](O)(CC(=O)c3ccc(C(C)(C)C)cc3)c3ccccc32)c1. The average molecular weight is 442 g/mol. The Morgan fingerprint density at radius 1 is 0.970 bits per heavy atom. The molecule has 0 aromatic heterocycles. The van der Waals surface area contributed by atoms with Gasteiger partial charge in [-0.25, -0.2) is 0 Å². The number of amides is 1. The molecule has 4 heteroatoms. The van der Waals surface area contributed by atoms with Gasteiger partial charge in [0.25, 0.3) is 5.91 Å². The number of hydrogen-bond acceptors (Lipinski definition) is 3. The van der Waals surface area contributed by atoms with Gasteiger partial charge in [-0.05, 0) is 42.0 Å². The molecule has 4 rings (SSSR count). The largest absolute Gasteiger partial charge is 0.375 e. The van der Waals surface area contributed by atoms with Gasteiger partial charge in [0, 0.05) is 11.1 Å². The summed E-state index contributed by atoms with van der Waals surface area (Å²) in [5.41, 5.74) is 4.07. The van der Waals surface area contributed by atoms with Crippen LogP contribution >= 0.6 is 0 Å². The van der Waals surface area contributed by atoms with Gasteiger partial charge in [0.05, 0.1) is 18.7 Å². The maximum Gasteiger partial charge on any atom is 0.264 e. The van der Waals surface area contributed by atoms with Crippen LogP contribution in [0.1, 0.15) is 65.4 Å². The molecule has 0 saturated carbocycles. The molecular weight excluding hydrogens is 410 g/mol. The predicted octanol–water partition coefficient (Wildman–Crippen LogP) is 5.61. The second-order valence-corrected chi connectivity index (χ2v) is 10.1. The Labute approximate surface area is 195 Å². The number of aryl methyl sites for hydroxylation is 2. The number of aliphatic hydroxyl groups is 1. The van der Waals surface area contributed by atoms with Crippen LogP contribution in [0.15, 0.2) is 66.7 Å². The molecule has 3 aromatic rings. The highest BCUT2D eigenvalue weighted by atomic mass is 16.3. The van der Waals surface area contributed by atoms with E-state index in [1.807, 2.05) is 50.2 Å². The van der Waals surface area contributed by atoms with Crippen molar-refractivity contribution in [3.05, 3.63) is 100 Å². The molecule has 1 N–H and O–H groups in total. The maximum atomic E-state index is 13.6. The molecule has 3 aromatic carbocycles. The van der Waals surface area contributed by atoms with Crippen molar-refractivity contribution >= 4 is 17.4 Å². The van der Waals surface area contributed by atoms with E-state index >= 15 is 0 Å². The Morgan fingerprint density at radius 2 is 1.64 bits per heavy atom. The van der Waals surface area contributed by atoms with Crippen LogP contribution in [0.5, 0.6) is 0 Å². The van der Waals surface area contributed by atoms with Crippen LogP contribution in [0.2, 0.25) is 0 Å². The fourth-order valence-electron chi connectivity index (χ4n) is 4.47. The van der Waals surface area contributed by atoms with Crippen LogP contribution in [-0.4, -0.2) is 16.8 Å². The highest BCUT2D eigenvalue weighted by Crippen LogP contribution is 2.43. The molecular formula is C29H31NO3. The van der Waals surface area contributed by atoms with Crippen molar-refractivity contribution in [3.63, 3.8) is 0 Å². The van der Waals surface area contributed by atoms with Gasteiger partial charge in [0.2, 0.25) is 0 Å². The van der Waals surface area contributed by atoms with E-state index in [0.29, 0.717) is 23.4 Å². The van der Waals surface area contributed by atoms with E-state index in [1.165, 1.54) is 0 Å². The third kappa shape index (κ3) is 4.23. The molecule has 0 spiro atoms. The predicted molar refractivity (Wildman–Crippen MR) is 132 cm³/mol. The lowest BCUT2D eigenvalue weighted by Gasteiger charge is -2.24. The molecule has 1 atom stereocenters. The van der Waals surface area contributed by atoms with E-state index < -0.39 is 11.5 Å². The Hall–Kier alpha value is -3.24. The summed E-state index contributed by atoms with van der Waals surface area (Å²) in [6.45, 7) is 10.7. The monoisotopic (exact) mass is 441 g/mol. The lowest BCUT2D eigenvalue weighted by atomic mass is 9.85. The van der Waals surface area contributed by atoms with Crippen molar-refractivity contribution in [3.8, 4) is 0 Å². The number of benzene rings is 3. The number of rotatable bonds is 5. The molecule has 0 unspecified atom stereocenters. The molecule has 0 fully saturated rings. The topological polar surface area (TPSA) is 57.6 Å². The van der Waals surface area contributed by atoms with Crippen molar-refractivity contribution < 1.29 is 14.7 Å². The molecule has 1 heterocycles. The van der Waals surface area contributed by atoms with Gasteiger partial charge in [-0.1, -0.05) is 87.0 Å². The second-order valence-electron chi connectivity index (χ2n) is 10.1. The quantitative estimate of drug-likeness (QED) is 0.524. The lowest BCUT2D eigenvalue weighted by molar-refractivity contribution is -0.136. The minimum atomic E-state index is -1.88. The first-order valence-corrected chi connectivity index (χ1v) is 11.3. The smallest absolute Gasteiger partial charge is 0.264 e. The van der Waals surface area contributed by atoms with Gasteiger partial charge in [-0.3, -0.25) is 9.59 Å². The summed E-state index contributed by atoms with van der Waals surface area (Å²) in [4.78, 5) is 28.3. The van der Waals surface area contributed by atoms with Crippen LogP contribution in [0.25, 0.3) is 0 Å². The highest BCUT2D eigenvalue weighted by Gasteiger charge is 2.50. The number of hydrogen-bond donors (Lipinski definition) is 1. The number of carbonyl (C=O) groups excluding carboxylic acids is 2. The van der Waals surface area contributed by atoms with Crippen LogP contribution in [0.3, 0.4) is 0 Å². The first-order chi connectivity index (χ1) is 15.5. The molecule has 0 bridgehead atoms. The van der Waals surface area contributed by atoms with E-state index in [1.54, 1.807) is 29.2 Å². The van der Waals surface area contributed by atoms with Gasteiger partial charge in [-0.2, -0.15) is 0 Å². The van der Waals surface area contributed by atoms with Crippen molar-refractivity contribution in [2.24, 2.45) is 0 Å². The van der Waals surface area contributed by atoms with Gasteiger partial charge in [-0.15, -0.1) is 0 Å². The Bertz CT molecular complexity index is 1220. The Morgan fingerprint density at radius 3 is 2.30 bits per heavy atom. The second kappa shape index (κ2) is 8.27. The van der Waals surface area contributed by atoms with Gasteiger partial charge < -0.3 is 10.0 Å². The number of carbonyl (C=O) groups is 2. The van der Waals surface area contributed by atoms with E-state index in [0.717, 1.165) is 22.3 Å². The molecule has 0 saturated heterocycles. The third-order valence-corrected chi connectivity index (χ3v) is 6.56. The molecule has 4 nitrogen and oxygen atoms in total. The molecule has 170 valence electrons. The van der Waals surface area contributed by atoms with E-state index in [9.17, 15) is 14.7 Å². The van der Waals surface area contributed by atoms with Crippen molar-refractivity contribution in [1.82, 2.24) is 0 Å². The van der Waals surface area contributed by atoms with Crippen LogP contribution in [-0.2, 0) is 22.4 Å². The average Bonchev–Trinajstić information content (AvgIpc) is 2.97. The fraction of sp³-hybridized carbons (Fsp3) is 0.310. The number of anilines is 1. The summed E-state index contributed by atoms with van der Waals surface area (Å²) in [5, 5.41) is 11.6. The summed E-state index contributed by atoms with van der Waals surface area (Å²) < 4.78 is 0. The summed E-state index contributed by atoms with van der Waals surface area (Å²) in [5.74, 6) is -0.709. The number of ketones is 1. The first-order valence-electron chi connectivity index (χ1n) is 11.3. The van der Waals surface area contributed by atoms with Crippen molar-refractivity contribution in [1.29, 1.82) is 0 Å². The molecule has 0 aliphatic carbocycles. The van der Waals surface area contributed by atoms with Crippen molar-refractivity contribution in [2.75, 3.05) is 4.90 Å². The fourth-order valence-corrected chi connectivity index (χ4v) is 4.47. The van der Waals surface area contributed by atoms with E-state index in [2.05, 4.69) is 26.8 Å². The summed E-state index contributed by atoms with van der Waals surface area (Å²) in [7, 11) is 0. The highest BCUT2D eigenvalue weighted by molar-refractivity contribution is 6.10. The lowest BCUT2D eigenvalue weighted by Crippen LogP contribution is -2.41. The zero-order chi connectivity index (χ0) is 24.0. The first kappa shape index (κ1) is 22.9. The van der Waals surface area contributed by atoms with Gasteiger partial charge in [0.15, 0.2) is 11.4 Å². The van der Waals surface area contributed by atoms with Gasteiger partial charge in [0.1, 0.15) is 0 Å². The molecule has 33 heavy (non-hydrogen) atoms. The third-order valence-electron chi connectivity index (χ3n) is 6.56. The standard InChI is InChI=1S/C29H31NO3/c1-19-10-11-20(2)22(16-19)18-30-25-9-7-6-8-24(25)29(33,27(30)32)17-26(31)21-12-14-23(15-13-21)28(3,4)5/h6-16,33H,17-18H2,1-5H3/t29-/m1/s1. The number of para-hydroxylation sites is 1. The Balaban J connectivity index is 1.65. The zero-order valence-electron chi connectivity index (χ0n) is 20.0. The zero-order valence-corrected chi connectivity index (χ0v) is 20.0. The summed E-state index contributed by atoms with van der Waals surface area (Å²) in [6, 6.07) is 20.8. The molecule has 1 aliphatic heterocycles. The summed E-state index contributed by atoms with van der Waals surface area (Å²) >= 11 is 0. The normalized spacial score (nSPS) is 17.9. The van der Waals surface area contributed by atoms with E-state index in [-0.39, 0.29) is 17.6 Å². The Kier molecular flexibility index (Phi) is 5.75. The van der Waals surface area contributed by atoms with E-state index in [4.69, 9.17) is 0 Å². The van der Waals surface area contributed by atoms with Crippen LogP contribution < -0.4 is 4.90 Å². The van der Waals surface area contributed by atoms with Crippen LogP contribution in [0, 0.1) is 13.8 Å². The number of nitrogens with zero attached hydrogens (tertiary/aromatic N) is 1. The van der Waals surface area contributed by atoms with Gasteiger partial charge >= 0.3 is 0 Å². The van der Waals surface area contributed by atoms with Crippen LogP contribution in [0.4, 0.5) is 5.69 Å². The molecule has 1 amide bonds. The molecule has 0 radical (unpaired) electrons. The minimum absolute atomic E-state index is 0.0193. The minimum Gasteiger partial charge on any atom is -0.375 e. The summed E-state index contributed by atoms with van der Waals surface area (Å²) in [6.07, 6.45) is -0.291. The maximum absolute atomic E-state index is 13.6. The van der Waals surface area contributed by atoms with Crippen molar-refractivity contribution in [2.45, 2.75) is 58.6 Å². The number of Topliss-reactive ketones (excluding diaryl/α,β-unsaturated/α-hetero) is 1. The number of fused-ring (bicyclic) bond motifs is 1. The molecule has 1 aliphatic rings.